The van der Waals surface area contributed by atoms with Crippen LogP contribution in [-0.2, 0) is 27.4 Å². The fraction of sp³-hybridized carbons (Fsp3) is 0.250. The van der Waals surface area contributed by atoms with Gasteiger partial charge in [0.05, 0.1) is 16.2 Å². The number of hydrogen-bond acceptors (Lipinski definition) is 5. The molecule has 0 fully saturated rings. The lowest BCUT2D eigenvalue weighted by Gasteiger charge is -2.14. The molecule has 1 heterocycles. The van der Waals surface area contributed by atoms with Gasteiger partial charge in [0.1, 0.15) is 5.56 Å². The summed E-state index contributed by atoms with van der Waals surface area (Å²) < 4.78 is 65.6. The summed E-state index contributed by atoms with van der Waals surface area (Å²) in [6.45, 7) is 1.51. The van der Waals surface area contributed by atoms with E-state index in [4.69, 9.17) is 0 Å². The second kappa shape index (κ2) is 12.3. The number of nitrogens with one attached hydrogen (secondary N) is 1. The standard InChI is InChI=1S/C28H28F3N3O5S/c1-19-10-15-24(27(37)34(19)22-8-6-7-21(17-22)28(29,30)31)26(36)32-18-20-11-13-23(14-12-20)40(38,39)16-5-4-9-25(35)33(2)3/h4-8,10-15,17H,9,16,18H2,1-3H3,(H,32,36). The van der Waals surface area contributed by atoms with Crippen LogP contribution in [0.1, 0.15) is 33.6 Å². The van der Waals surface area contributed by atoms with E-state index < -0.39 is 33.0 Å². The summed E-state index contributed by atoms with van der Waals surface area (Å²) in [5.41, 5.74) is -1.09. The van der Waals surface area contributed by atoms with Gasteiger partial charge in [-0.2, -0.15) is 13.2 Å². The van der Waals surface area contributed by atoms with E-state index in [2.05, 4.69) is 5.32 Å². The number of carbonyl (C=O) groups is 2. The molecule has 0 unspecified atom stereocenters. The molecule has 8 nitrogen and oxygen atoms in total. The maximum absolute atomic E-state index is 13.2. The first kappa shape index (κ1) is 30.4. The summed E-state index contributed by atoms with van der Waals surface area (Å²) in [4.78, 5) is 38.9. The van der Waals surface area contributed by atoms with Crippen LogP contribution in [0.15, 0.2) is 82.5 Å². The number of pyridine rings is 1. The molecular weight excluding hydrogens is 547 g/mol. The van der Waals surface area contributed by atoms with Crippen molar-refractivity contribution in [1.29, 1.82) is 0 Å². The molecule has 1 N–H and O–H groups in total. The molecule has 0 bridgehead atoms. The smallest absolute Gasteiger partial charge is 0.349 e. The summed E-state index contributed by atoms with van der Waals surface area (Å²) in [7, 11) is -0.425. The summed E-state index contributed by atoms with van der Waals surface area (Å²) in [5, 5.41) is 2.58. The van der Waals surface area contributed by atoms with E-state index in [0.717, 1.165) is 16.7 Å². The lowest BCUT2D eigenvalue weighted by Crippen LogP contribution is -2.33. The molecule has 0 aliphatic carbocycles. The molecule has 40 heavy (non-hydrogen) atoms. The molecule has 0 radical (unpaired) electrons. The first-order chi connectivity index (χ1) is 18.7. The Labute approximate surface area is 229 Å². The Morgan fingerprint density at radius 1 is 1.00 bits per heavy atom. The van der Waals surface area contributed by atoms with Gasteiger partial charge in [-0.25, -0.2) is 8.42 Å². The Morgan fingerprint density at radius 2 is 1.68 bits per heavy atom. The highest BCUT2D eigenvalue weighted by Crippen LogP contribution is 2.30. The largest absolute Gasteiger partial charge is 0.416 e. The minimum atomic E-state index is -4.60. The zero-order valence-electron chi connectivity index (χ0n) is 22.0. The van der Waals surface area contributed by atoms with Crippen molar-refractivity contribution in [3.05, 3.63) is 106 Å². The highest BCUT2D eigenvalue weighted by Gasteiger charge is 2.30. The quantitative estimate of drug-likeness (QED) is 0.390. The SMILES string of the molecule is Cc1ccc(C(=O)NCc2ccc(S(=O)(=O)CC=CCC(=O)N(C)C)cc2)c(=O)n1-c1cccc(C(F)(F)F)c1. The minimum Gasteiger partial charge on any atom is -0.349 e. The van der Waals surface area contributed by atoms with Gasteiger partial charge < -0.3 is 10.2 Å². The van der Waals surface area contributed by atoms with Crippen molar-refractivity contribution in [2.75, 3.05) is 19.8 Å². The average Bonchev–Trinajstić information content (AvgIpc) is 2.89. The van der Waals surface area contributed by atoms with Crippen LogP contribution in [0.25, 0.3) is 5.69 Å². The number of halogens is 3. The Morgan fingerprint density at radius 3 is 2.30 bits per heavy atom. The third kappa shape index (κ3) is 7.47. The van der Waals surface area contributed by atoms with Crippen LogP contribution in [0.2, 0.25) is 0 Å². The number of aryl methyl sites for hydroxylation is 1. The predicted octanol–water partition coefficient (Wildman–Crippen LogP) is 3.90. The number of amides is 2. The van der Waals surface area contributed by atoms with E-state index in [0.29, 0.717) is 11.3 Å². The van der Waals surface area contributed by atoms with Crippen molar-refractivity contribution in [2.45, 2.75) is 31.0 Å². The molecule has 12 heteroatoms. The van der Waals surface area contributed by atoms with E-state index in [9.17, 15) is 36.0 Å². The molecule has 1 aromatic heterocycles. The van der Waals surface area contributed by atoms with Crippen molar-refractivity contribution < 1.29 is 31.2 Å². The molecule has 0 atom stereocenters. The third-order valence-electron chi connectivity index (χ3n) is 5.96. The second-order valence-corrected chi connectivity index (χ2v) is 11.2. The highest BCUT2D eigenvalue weighted by atomic mass is 32.2. The topological polar surface area (TPSA) is 106 Å². The minimum absolute atomic E-state index is 0.0251. The van der Waals surface area contributed by atoms with Crippen LogP contribution in [-0.4, -0.2) is 49.5 Å². The zero-order chi connectivity index (χ0) is 29.7. The van der Waals surface area contributed by atoms with Crippen LogP contribution in [0.5, 0.6) is 0 Å². The molecular formula is C28H28F3N3O5S. The predicted molar refractivity (Wildman–Crippen MR) is 144 cm³/mol. The van der Waals surface area contributed by atoms with E-state index in [1.54, 1.807) is 14.1 Å². The van der Waals surface area contributed by atoms with Crippen LogP contribution < -0.4 is 10.9 Å². The fourth-order valence-electron chi connectivity index (χ4n) is 3.70. The van der Waals surface area contributed by atoms with Crippen molar-refractivity contribution in [1.82, 2.24) is 14.8 Å². The fourth-order valence-corrected chi connectivity index (χ4v) is 4.83. The summed E-state index contributed by atoms with van der Waals surface area (Å²) >= 11 is 0. The molecule has 0 aliphatic rings. The molecule has 2 amide bonds. The van der Waals surface area contributed by atoms with Crippen LogP contribution in [0.3, 0.4) is 0 Å². The van der Waals surface area contributed by atoms with Crippen molar-refractivity contribution in [2.24, 2.45) is 0 Å². The van der Waals surface area contributed by atoms with Crippen molar-refractivity contribution >= 4 is 21.7 Å². The van der Waals surface area contributed by atoms with Crippen LogP contribution in [0.4, 0.5) is 13.2 Å². The van der Waals surface area contributed by atoms with Gasteiger partial charge in [-0.3, -0.25) is 19.0 Å². The molecule has 2 aromatic carbocycles. The number of rotatable bonds is 9. The number of hydrogen-bond donors (Lipinski definition) is 1. The lowest BCUT2D eigenvalue weighted by molar-refractivity contribution is -0.137. The van der Waals surface area contributed by atoms with Gasteiger partial charge in [-0.15, -0.1) is 0 Å². The number of benzene rings is 2. The van der Waals surface area contributed by atoms with Gasteiger partial charge >= 0.3 is 6.18 Å². The molecule has 0 spiro atoms. The number of sulfone groups is 1. The second-order valence-electron chi connectivity index (χ2n) is 9.15. The van der Waals surface area contributed by atoms with Crippen molar-refractivity contribution in [3.63, 3.8) is 0 Å². The monoisotopic (exact) mass is 575 g/mol. The van der Waals surface area contributed by atoms with Gasteiger partial charge in [0.25, 0.3) is 11.5 Å². The van der Waals surface area contributed by atoms with Gasteiger partial charge in [-0.1, -0.05) is 30.4 Å². The summed E-state index contributed by atoms with van der Waals surface area (Å²) in [6, 6.07) is 12.8. The first-order valence-corrected chi connectivity index (χ1v) is 13.7. The molecule has 3 aromatic rings. The number of carbonyl (C=O) groups excluding carboxylic acids is 2. The lowest BCUT2D eigenvalue weighted by atomic mass is 10.1. The summed E-state index contributed by atoms with van der Waals surface area (Å²) in [5.74, 6) is -1.17. The normalized spacial score (nSPS) is 11.9. The van der Waals surface area contributed by atoms with E-state index in [-0.39, 0.29) is 40.8 Å². The van der Waals surface area contributed by atoms with Gasteiger partial charge in [0.15, 0.2) is 9.84 Å². The zero-order valence-corrected chi connectivity index (χ0v) is 22.8. The first-order valence-electron chi connectivity index (χ1n) is 12.1. The Balaban J connectivity index is 1.70. The van der Waals surface area contributed by atoms with Crippen LogP contribution in [0, 0.1) is 6.92 Å². The van der Waals surface area contributed by atoms with E-state index in [1.807, 2.05) is 0 Å². The summed E-state index contributed by atoms with van der Waals surface area (Å²) in [6.07, 6.45) is -1.60. The van der Waals surface area contributed by atoms with Crippen LogP contribution >= 0.6 is 0 Å². The molecule has 3 rings (SSSR count). The number of alkyl halides is 3. The van der Waals surface area contributed by atoms with E-state index in [1.165, 1.54) is 72.5 Å². The Kier molecular flexibility index (Phi) is 9.36. The van der Waals surface area contributed by atoms with Gasteiger partial charge in [-0.05, 0) is 55.0 Å². The van der Waals surface area contributed by atoms with Gasteiger partial charge in [0.2, 0.25) is 5.91 Å². The molecule has 212 valence electrons. The van der Waals surface area contributed by atoms with Gasteiger partial charge in [0, 0.05) is 38.4 Å². The maximum Gasteiger partial charge on any atom is 0.416 e. The maximum atomic E-state index is 13.2. The molecule has 0 saturated heterocycles. The van der Waals surface area contributed by atoms with Crippen molar-refractivity contribution in [3.8, 4) is 5.69 Å². The third-order valence-corrected chi connectivity index (χ3v) is 7.58. The highest BCUT2D eigenvalue weighted by molar-refractivity contribution is 7.91. The number of aromatic nitrogens is 1. The molecule has 0 saturated carbocycles. The average molecular weight is 576 g/mol. The van der Waals surface area contributed by atoms with E-state index >= 15 is 0 Å². The Bertz CT molecular complexity index is 1590. The Hall–Kier alpha value is -4.19. The number of nitrogens with zero attached hydrogens (tertiary/aromatic N) is 2. The molecule has 0 aliphatic heterocycles.